The molecule has 27 heavy (non-hydrogen) atoms. The largest absolute Gasteiger partial charge is 0.361 e. The van der Waals surface area contributed by atoms with Crippen LogP contribution in [0.15, 0.2) is 59.3 Å². The summed E-state index contributed by atoms with van der Waals surface area (Å²) in [5.74, 6) is 1.08. The molecule has 1 amide bonds. The van der Waals surface area contributed by atoms with Crippen LogP contribution >= 0.6 is 0 Å². The minimum absolute atomic E-state index is 0.0659. The molecule has 1 fully saturated rings. The van der Waals surface area contributed by atoms with Crippen LogP contribution in [0.2, 0.25) is 0 Å². The van der Waals surface area contributed by atoms with Gasteiger partial charge < -0.3 is 14.4 Å². The Bertz CT molecular complexity index is 1140. The molecule has 1 unspecified atom stereocenters. The molecule has 2 aromatic heterocycles. The third-order valence-corrected chi connectivity index (χ3v) is 5.14. The van der Waals surface area contributed by atoms with Crippen LogP contribution in [0.25, 0.3) is 22.4 Å². The third kappa shape index (κ3) is 2.70. The van der Waals surface area contributed by atoms with Gasteiger partial charge in [-0.3, -0.25) is 4.79 Å². The van der Waals surface area contributed by atoms with Gasteiger partial charge in [-0.05, 0) is 42.1 Å². The SMILES string of the molecule is Cc1ccccc1N1CC(c2noc(-c3ccc4cc[nH]c4c3)n2)CC1=O. The third-order valence-electron chi connectivity index (χ3n) is 5.14. The number of nitrogens with one attached hydrogen (secondary N) is 1. The van der Waals surface area contributed by atoms with Crippen LogP contribution in [0.3, 0.4) is 0 Å². The molecule has 1 aliphatic rings. The maximum atomic E-state index is 12.5. The van der Waals surface area contributed by atoms with Crippen LogP contribution in [0.1, 0.15) is 23.7 Å². The minimum Gasteiger partial charge on any atom is -0.361 e. The maximum absolute atomic E-state index is 12.5. The van der Waals surface area contributed by atoms with Crippen LogP contribution in [0, 0.1) is 6.92 Å². The van der Waals surface area contributed by atoms with Gasteiger partial charge in [-0.25, -0.2) is 0 Å². The van der Waals surface area contributed by atoms with Crippen molar-refractivity contribution >= 4 is 22.5 Å². The number of carbonyl (C=O) groups is 1. The molecule has 134 valence electrons. The van der Waals surface area contributed by atoms with E-state index in [0.717, 1.165) is 27.7 Å². The van der Waals surface area contributed by atoms with Crippen LogP contribution in [0.5, 0.6) is 0 Å². The van der Waals surface area contributed by atoms with Gasteiger partial charge in [0.2, 0.25) is 5.91 Å². The highest BCUT2D eigenvalue weighted by atomic mass is 16.5. The second-order valence-corrected chi connectivity index (χ2v) is 6.93. The fraction of sp³-hybridized carbons (Fsp3) is 0.190. The summed E-state index contributed by atoms with van der Waals surface area (Å²) in [5.41, 5.74) is 3.92. The molecule has 1 N–H and O–H groups in total. The van der Waals surface area contributed by atoms with Crippen molar-refractivity contribution in [1.82, 2.24) is 15.1 Å². The first kappa shape index (κ1) is 15.8. The van der Waals surface area contributed by atoms with E-state index >= 15 is 0 Å². The molecule has 5 rings (SSSR count). The highest BCUT2D eigenvalue weighted by molar-refractivity contribution is 5.97. The Kier molecular flexibility index (Phi) is 3.57. The Morgan fingerprint density at radius 2 is 2.07 bits per heavy atom. The van der Waals surface area contributed by atoms with Crippen LogP contribution in [-0.4, -0.2) is 27.6 Å². The number of aromatic amines is 1. The zero-order valence-electron chi connectivity index (χ0n) is 14.8. The van der Waals surface area contributed by atoms with Gasteiger partial charge in [0.05, 0.1) is 0 Å². The van der Waals surface area contributed by atoms with E-state index in [1.807, 2.05) is 66.6 Å². The maximum Gasteiger partial charge on any atom is 0.258 e. The van der Waals surface area contributed by atoms with Crippen molar-refractivity contribution in [1.29, 1.82) is 0 Å². The monoisotopic (exact) mass is 358 g/mol. The van der Waals surface area contributed by atoms with Crippen molar-refractivity contribution in [3.63, 3.8) is 0 Å². The lowest BCUT2D eigenvalue weighted by molar-refractivity contribution is -0.117. The number of nitrogens with zero attached hydrogens (tertiary/aromatic N) is 3. The van der Waals surface area contributed by atoms with E-state index in [-0.39, 0.29) is 11.8 Å². The van der Waals surface area contributed by atoms with E-state index < -0.39 is 0 Å². The number of H-pyrrole nitrogens is 1. The highest BCUT2D eigenvalue weighted by Crippen LogP contribution is 2.33. The number of carbonyl (C=O) groups excluding carboxylic acids is 1. The summed E-state index contributed by atoms with van der Waals surface area (Å²) in [6.07, 6.45) is 2.29. The summed E-state index contributed by atoms with van der Waals surface area (Å²) < 4.78 is 5.48. The number of benzene rings is 2. The molecule has 1 saturated heterocycles. The molecule has 0 radical (unpaired) electrons. The number of rotatable bonds is 3. The molecule has 4 aromatic rings. The molecule has 1 aliphatic heterocycles. The van der Waals surface area contributed by atoms with Crippen molar-refractivity contribution in [3.8, 4) is 11.5 Å². The Labute approximate surface area is 155 Å². The number of aromatic nitrogens is 3. The van der Waals surface area contributed by atoms with E-state index in [9.17, 15) is 4.79 Å². The quantitative estimate of drug-likeness (QED) is 0.599. The smallest absolute Gasteiger partial charge is 0.258 e. The molecule has 0 bridgehead atoms. The summed E-state index contributed by atoms with van der Waals surface area (Å²) in [7, 11) is 0. The second-order valence-electron chi connectivity index (χ2n) is 6.93. The number of anilines is 1. The lowest BCUT2D eigenvalue weighted by Crippen LogP contribution is -2.25. The summed E-state index contributed by atoms with van der Waals surface area (Å²) in [5, 5.41) is 5.29. The minimum atomic E-state index is -0.0659. The molecule has 6 nitrogen and oxygen atoms in total. The topological polar surface area (TPSA) is 75.0 Å². The fourth-order valence-corrected chi connectivity index (χ4v) is 3.68. The number of amides is 1. The predicted octanol–water partition coefficient (Wildman–Crippen LogP) is 4.05. The average Bonchev–Trinajstić information content (AvgIpc) is 3.40. The Morgan fingerprint density at radius 3 is 2.96 bits per heavy atom. The Morgan fingerprint density at radius 1 is 1.19 bits per heavy atom. The van der Waals surface area contributed by atoms with Gasteiger partial charge in [-0.2, -0.15) is 4.98 Å². The van der Waals surface area contributed by atoms with E-state index in [0.29, 0.717) is 24.7 Å². The number of aryl methyl sites for hydroxylation is 1. The van der Waals surface area contributed by atoms with Crippen LogP contribution < -0.4 is 4.90 Å². The fourth-order valence-electron chi connectivity index (χ4n) is 3.68. The van der Waals surface area contributed by atoms with Crippen molar-refractivity contribution in [2.75, 3.05) is 11.4 Å². The average molecular weight is 358 g/mol. The zero-order valence-corrected chi connectivity index (χ0v) is 14.8. The number of fused-ring (bicyclic) bond motifs is 1. The molecule has 0 saturated carbocycles. The summed E-state index contributed by atoms with van der Waals surface area (Å²) in [6, 6.07) is 15.9. The van der Waals surface area contributed by atoms with Crippen LogP contribution in [0.4, 0.5) is 5.69 Å². The molecule has 6 heteroatoms. The molecule has 3 heterocycles. The van der Waals surface area contributed by atoms with Gasteiger partial charge in [0.25, 0.3) is 5.89 Å². The van der Waals surface area contributed by atoms with Crippen molar-refractivity contribution in [3.05, 3.63) is 66.1 Å². The predicted molar refractivity (Wildman–Crippen MR) is 102 cm³/mol. The Hall–Kier alpha value is -3.41. The van der Waals surface area contributed by atoms with E-state index in [4.69, 9.17) is 4.52 Å². The molecule has 2 aromatic carbocycles. The van der Waals surface area contributed by atoms with E-state index in [1.54, 1.807) is 0 Å². The number of hydrogen-bond donors (Lipinski definition) is 1. The standard InChI is InChI=1S/C21H18N4O2/c1-13-4-2-3-5-18(13)25-12-16(11-19(25)26)20-23-21(27-24-20)15-7-6-14-8-9-22-17(14)10-15/h2-10,16,22H,11-12H2,1H3. The first-order valence-electron chi connectivity index (χ1n) is 8.96. The van der Waals surface area contributed by atoms with Gasteiger partial charge in [-0.15, -0.1) is 0 Å². The Balaban J connectivity index is 1.41. The van der Waals surface area contributed by atoms with Crippen LogP contribution in [-0.2, 0) is 4.79 Å². The second kappa shape index (κ2) is 6.09. The van der Waals surface area contributed by atoms with E-state index in [1.165, 1.54) is 0 Å². The molecule has 1 atom stereocenters. The summed E-state index contributed by atoms with van der Waals surface area (Å²) in [4.78, 5) is 22.1. The van der Waals surface area contributed by atoms with Gasteiger partial charge >= 0.3 is 0 Å². The summed E-state index contributed by atoms with van der Waals surface area (Å²) >= 11 is 0. The van der Waals surface area contributed by atoms with Gasteiger partial charge in [0.1, 0.15) is 0 Å². The molecule has 0 aliphatic carbocycles. The number of hydrogen-bond acceptors (Lipinski definition) is 4. The zero-order chi connectivity index (χ0) is 18.4. The highest BCUT2D eigenvalue weighted by Gasteiger charge is 2.35. The lowest BCUT2D eigenvalue weighted by Gasteiger charge is -2.18. The van der Waals surface area contributed by atoms with Gasteiger partial charge in [-0.1, -0.05) is 29.4 Å². The molecular weight excluding hydrogens is 340 g/mol. The lowest BCUT2D eigenvalue weighted by atomic mass is 10.1. The molecule has 0 spiro atoms. The van der Waals surface area contributed by atoms with Crippen molar-refractivity contribution < 1.29 is 9.32 Å². The summed E-state index contributed by atoms with van der Waals surface area (Å²) in [6.45, 7) is 2.58. The van der Waals surface area contributed by atoms with Gasteiger partial charge in [0, 0.05) is 41.8 Å². The van der Waals surface area contributed by atoms with Crippen molar-refractivity contribution in [2.24, 2.45) is 0 Å². The van der Waals surface area contributed by atoms with Gasteiger partial charge in [0.15, 0.2) is 5.82 Å². The van der Waals surface area contributed by atoms with Crippen molar-refractivity contribution in [2.45, 2.75) is 19.3 Å². The van der Waals surface area contributed by atoms with E-state index in [2.05, 4.69) is 15.1 Å². The first-order valence-corrected chi connectivity index (χ1v) is 8.96. The normalized spacial score (nSPS) is 17.1. The molecular formula is C21H18N4O2. The number of para-hydroxylation sites is 1. The first-order chi connectivity index (χ1) is 13.2.